The van der Waals surface area contributed by atoms with Crippen LogP contribution in [0.5, 0.6) is 0 Å². The first-order chi connectivity index (χ1) is 17.5. The van der Waals surface area contributed by atoms with Crippen molar-refractivity contribution in [1.82, 2.24) is 5.01 Å². The van der Waals surface area contributed by atoms with Gasteiger partial charge >= 0.3 is 0 Å². The minimum atomic E-state index is -0.416. The van der Waals surface area contributed by atoms with Gasteiger partial charge in [-0.25, -0.2) is 5.84 Å². The van der Waals surface area contributed by atoms with Crippen LogP contribution in [0.15, 0.2) is 107 Å². The first kappa shape index (κ1) is 23.0. The van der Waals surface area contributed by atoms with Gasteiger partial charge in [0.05, 0.1) is 0 Å². The van der Waals surface area contributed by atoms with Gasteiger partial charge in [0, 0.05) is 46.3 Å². The molecule has 0 radical (unpaired) electrons. The molecule has 0 bridgehead atoms. The van der Waals surface area contributed by atoms with Crippen LogP contribution in [0, 0.1) is 0 Å². The van der Waals surface area contributed by atoms with Crippen LogP contribution in [0.2, 0.25) is 5.02 Å². The van der Waals surface area contributed by atoms with Gasteiger partial charge in [-0.2, -0.15) is 0 Å². The van der Waals surface area contributed by atoms with Gasteiger partial charge in [-0.05, 0) is 53.5 Å². The van der Waals surface area contributed by atoms with Crippen LogP contribution in [0.25, 0.3) is 0 Å². The number of allylic oxidation sites excluding steroid dienone is 4. The molecule has 0 fully saturated rings. The minimum absolute atomic E-state index is 0.0562. The van der Waals surface area contributed by atoms with E-state index in [0.29, 0.717) is 41.9 Å². The van der Waals surface area contributed by atoms with Gasteiger partial charge < -0.3 is 0 Å². The molecule has 5 heteroatoms. The summed E-state index contributed by atoms with van der Waals surface area (Å²) in [7, 11) is 0. The summed E-state index contributed by atoms with van der Waals surface area (Å²) >= 11 is 6.19. The van der Waals surface area contributed by atoms with E-state index in [1.165, 1.54) is 0 Å². The number of hydrazine groups is 1. The molecule has 4 nitrogen and oxygen atoms in total. The number of hydrogen-bond donors (Lipinski definition) is 1. The molecule has 2 aliphatic carbocycles. The van der Waals surface area contributed by atoms with E-state index >= 15 is 0 Å². The molecule has 0 saturated heterocycles. The molecule has 0 amide bonds. The Labute approximate surface area is 216 Å². The van der Waals surface area contributed by atoms with Crippen molar-refractivity contribution >= 4 is 23.2 Å². The summed E-state index contributed by atoms with van der Waals surface area (Å²) in [6, 6.07) is 27.8. The molecule has 2 N–H and O–H groups in total. The molecule has 2 atom stereocenters. The van der Waals surface area contributed by atoms with Crippen LogP contribution in [0.4, 0.5) is 0 Å². The maximum absolute atomic E-state index is 13.8. The predicted octanol–water partition coefficient (Wildman–Crippen LogP) is 6.41. The van der Waals surface area contributed by atoms with Gasteiger partial charge in [0.1, 0.15) is 0 Å². The lowest BCUT2D eigenvalue weighted by atomic mass is 9.67. The fourth-order valence-electron chi connectivity index (χ4n) is 6.15. The molecule has 3 aromatic carbocycles. The van der Waals surface area contributed by atoms with Gasteiger partial charge in [-0.15, -0.1) is 0 Å². The standard InChI is InChI=1S/C31H27ClN2O2/c32-24-13-11-21(12-14-24)29-30-25(15-22(17-27(30)35)19-7-3-1-4-8-19)34(33)26-16-23(18-28(36)31(26)29)20-9-5-2-6-10-20/h1-14,22-23,29H,15-18,33H2. The van der Waals surface area contributed by atoms with Gasteiger partial charge in [-0.3, -0.25) is 14.6 Å². The van der Waals surface area contributed by atoms with Crippen LogP contribution >= 0.6 is 11.6 Å². The summed E-state index contributed by atoms with van der Waals surface area (Å²) in [6.45, 7) is 0. The zero-order chi connectivity index (χ0) is 24.8. The number of ketones is 2. The lowest BCUT2D eigenvalue weighted by molar-refractivity contribution is -0.117. The van der Waals surface area contributed by atoms with E-state index in [4.69, 9.17) is 17.4 Å². The minimum Gasteiger partial charge on any atom is -0.294 e. The summed E-state index contributed by atoms with van der Waals surface area (Å²) in [6.07, 6.45) is 2.13. The first-order valence-electron chi connectivity index (χ1n) is 12.4. The van der Waals surface area contributed by atoms with Crippen LogP contribution in [0.1, 0.15) is 60.1 Å². The average molecular weight is 495 g/mol. The molecule has 6 rings (SSSR count). The van der Waals surface area contributed by atoms with Crippen molar-refractivity contribution in [2.75, 3.05) is 0 Å². The summed E-state index contributed by atoms with van der Waals surface area (Å²) in [5.74, 6) is 6.62. The quantitative estimate of drug-likeness (QED) is 0.427. The Kier molecular flexibility index (Phi) is 5.87. The smallest absolute Gasteiger partial charge is 0.162 e. The number of hydrogen-bond acceptors (Lipinski definition) is 4. The SMILES string of the molecule is NN1C2=C(C(=O)CC(c3ccccc3)C2)C(c2ccc(Cl)cc2)C2=C1CC(c1ccccc1)CC2=O. The molecule has 0 aromatic heterocycles. The van der Waals surface area contributed by atoms with Crippen molar-refractivity contribution in [3.05, 3.63) is 129 Å². The lowest BCUT2D eigenvalue weighted by Crippen LogP contribution is -2.44. The van der Waals surface area contributed by atoms with Crippen LogP contribution in [-0.2, 0) is 9.59 Å². The Balaban J connectivity index is 1.48. The highest BCUT2D eigenvalue weighted by Gasteiger charge is 2.46. The predicted molar refractivity (Wildman–Crippen MR) is 141 cm³/mol. The Morgan fingerprint density at radius 2 is 1.06 bits per heavy atom. The molecule has 180 valence electrons. The monoisotopic (exact) mass is 494 g/mol. The number of Topliss-reactive ketones (excluding diaryl/α,β-unsaturated/α-hetero) is 2. The number of rotatable bonds is 3. The van der Waals surface area contributed by atoms with Gasteiger partial charge in [0.2, 0.25) is 0 Å². The molecule has 3 aliphatic rings. The second-order valence-corrected chi connectivity index (χ2v) is 10.4. The van der Waals surface area contributed by atoms with Gasteiger partial charge in [-0.1, -0.05) is 84.4 Å². The molecule has 2 unspecified atom stereocenters. The molecule has 0 saturated carbocycles. The molecule has 1 heterocycles. The number of carbonyl (C=O) groups excluding carboxylic acids is 2. The zero-order valence-electron chi connectivity index (χ0n) is 19.9. The van der Waals surface area contributed by atoms with E-state index in [1.807, 2.05) is 60.7 Å². The normalized spacial score (nSPS) is 24.1. The van der Waals surface area contributed by atoms with E-state index in [1.54, 1.807) is 5.01 Å². The second-order valence-electron chi connectivity index (χ2n) is 9.95. The summed E-state index contributed by atoms with van der Waals surface area (Å²) < 4.78 is 0. The Morgan fingerprint density at radius 3 is 1.50 bits per heavy atom. The van der Waals surface area contributed by atoms with Crippen molar-refractivity contribution < 1.29 is 9.59 Å². The highest BCUT2D eigenvalue weighted by molar-refractivity contribution is 6.30. The molecular formula is C31H27ClN2O2. The first-order valence-corrected chi connectivity index (χ1v) is 12.8. The number of benzene rings is 3. The Morgan fingerprint density at radius 1 is 0.611 bits per heavy atom. The number of halogens is 1. The maximum Gasteiger partial charge on any atom is 0.162 e. The third-order valence-corrected chi connectivity index (χ3v) is 8.12. The zero-order valence-corrected chi connectivity index (χ0v) is 20.6. The van der Waals surface area contributed by atoms with E-state index in [-0.39, 0.29) is 23.4 Å². The van der Waals surface area contributed by atoms with Crippen molar-refractivity contribution in [3.8, 4) is 0 Å². The van der Waals surface area contributed by atoms with Crippen LogP contribution < -0.4 is 5.84 Å². The fourth-order valence-corrected chi connectivity index (χ4v) is 6.28. The Bertz CT molecular complexity index is 1310. The maximum atomic E-state index is 13.8. The highest BCUT2D eigenvalue weighted by Crippen LogP contribution is 2.52. The number of nitrogens with two attached hydrogens (primary N) is 1. The third kappa shape index (κ3) is 3.91. The van der Waals surface area contributed by atoms with E-state index in [2.05, 4.69) is 24.3 Å². The Hall–Kier alpha value is -3.47. The van der Waals surface area contributed by atoms with E-state index < -0.39 is 5.92 Å². The van der Waals surface area contributed by atoms with Crippen LogP contribution in [-0.4, -0.2) is 16.6 Å². The van der Waals surface area contributed by atoms with Crippen molar-refractivity contribution in [2.45, 2.75) is 43.4 Å². The van der Waals surface area contributed by atoms with Crippen molar-refractivity contribution in [1.29, 1.82) is 0 Å². The van der Waals surface area contributed by atoms with Crippen molar-refractivity contribution in [2.24, 2.45) is 5.84 Å². The van der Waals surface area contributed by atoms with Crippen LogP contribution in [0.3, 0.4) is 0 Å². The third-order valence-electron chi connectivity index (χ3n) is 7.87. The molecule has 1 aliphatic heterocycles. The summed E-state index contributed by atoms with van der Waals surface area (Å²) in [5, 5.41) is 2.30. The largest absolute Gasteiger partial charge is 0.294 e. The molecule has 36 heavy (non-hydrogen) atoms. The summed E-state index contributed by atoms with van der Waals surface area (Å²) in [4.78, 5) is 27.6. The topological polar surface area (TPSA) is 63.4 Å². The number of carbonyl (C=O) groups is 2. The molecule has 0 spiro atoms. The fraction of sp³-hybridized carbons (Fsp3) is 0.226. The average Bonchev–Trinajstić information content (AvgIpc) is 2.91. The molecular weight excluding hydrogens is 468 g/mol. The van der Waals surface area contributed by atoms with Gasteiger partial charge in [0.15, 0.2) is 11.6 Å². The number of nitrogens with zero attached hydrogens (tertiary/aromatic N) is 1. The highest BCUT2D eigenvalue weighted by atomic mass is 35.5. The second kappa shape index (κ2) is 9.20. The van der Waals surface area contributed by atoms with Crippen molar-refractivity contribution in [3.63, 3.8) is 0 Å². The van der Waals surface area contributed by atoms with E-state index in [9.17, 15) is 9.59 Å². The van der Waals surface area contributed by atoms with E-state index in [0.717, 1.165) is 28.1 Å². The molecule has 3 aromatic rings. The lowest BCUT2D eigenvalue weighted by Gasteiger charge is -2.44. The summed E-state index contributed by atoms with van der Waals surface area (Å²) in [5.41, 5.74) is 6.17. The van der Waals surface area contributed by atoms with Gasteiger partial charge in [0.25, 0.3) is 0 Å².